The monoisotopic (exact) mass is 446 g/mol. The van der Waals surface area contributed by atoms with Crippen LogP contribution < -0.4 is 16.3 Å². The molecule has 1 unspecified atom stereocenters. The highest BCUT2D eigenvalue weighted by atomic mass is 35.5. The SMILES string of the molecule is Cc1cc(F)ccc1Nn1c(C(C)NC(=O)OC(C)(C)C)nc2cccc(Cl)c2c1=O. The van der Waals surface area contributed by atoms with Crippen LogP contribution >= 0.6 is 11.6 Å². The van der Waals surface area contributed by atoms with Gasteiger partial charge >= 0.3 is 6.09 Å². The summed E-state index contributed by atoms with van der Waals surface area (Å²) in [6.45, 7) is 8.64. The summed E-state index contributed by atoms with van der Waals surface area (Å²) in [5.41, 5.74) is 3.33. The van der Waals surface area contributed by atoms with E-state index in [1.54, 1.807) is 52.8 Å². The van der Waals surface area contributed by atoms with E-state index in [0.717, 1.165) is 0 Å². The van der Waals surface area contributed by atoms with Crippen molar-refractivity contribution in [1.29, 1.82) is 0 Å². The molecule has 3 aromatic rings. The van der Waals surface area contributed by atoms with E-state index in [9.17, 15) is 14.0 Å². The fourth-order valence-electron chi connectivity index (χ4n) is 3.03. The maximum Gasteiger partial charge on any atom is 0.408 e. The first-order chi connectivity index (χ1) is 14.5. The number of fused-ring (bicyclic) bond motifs is 1. The molecule has 164 valence electrons. The summed E-state index contributed by atoms with van der Waals surface area (Å²) in [6.07, 6.45) is -0.648. The highest BCUT2D eigenvalue weighted by Crippen LogP contribution is 2.22. The average molecular weight is 447 g/mol. The number of aromatic nitrogens is 2. The van der Waals surface area contributed by atoms with Gasteiger partial charge in [-0.2, -0.15) is 0 Å². The van der Waals surface area contributed by atoms with Crippen molar-refractivity contribution in [2.45, 2.75) is 46.3 Å². The lowest BCUT2D eigenvalue weighted by molar-refractivity contribution is 0.0505. The van der Waals surface area contributed by atoms with Crippen LogP contribution in [0.15, 0.2) is 41.2 Å². The molecule has 0 fully saturated rings. The van der Waals surface area contributed by atoms with Crippen molar-refractivity contribution in [3.63, 3.8) is 0 Å². The number of rotatable bonds is 4. The van der Waals surface area contributed by atoms with Gasteiger partial charge in [0, 0.05) is 0 Å². The molecule has 2 N–H and O–H groups in total. The Morgan fingerprint density at radius 1 is 1.26 bits per heavy atom. The van der Waals surface area contributed by atoms with E-state index in [1.165, 1.54) is 22.9 Å². The number of aryl methyl sites for hydroxylation is 1. The van der Waals surface area contributed by atoms with E-state index in [-0.39, 0.29) is 16.2 Å². The van der Waals surface area contributed by atoms with E-state index in [4.69, 9.17) is 16.3 Å². The second-order valence-corrected chi connectivity index (χ2v) is 8.59. The highest BCUT2D eigenvalue weighted by molar-refractivity contribution is 6.35. The minimum atomic E-state index is -0.695. The van der Waals surface area contributed by atoms with Crippen molar-refractivity contribution in [1.82, 2.24) is 15.0 Å². The van der Waals surface area contributed by atoms with Crippen LogP contribution in [-0.2, 0) is 4.74 Å². The van der Waals surface area contributed by atoms with Crippen LogP contribution in [0.1, 0.15) is 45.1 Å². The van der Waals surface area contributed by atoms with Crippen molar-refractivity contribution in [3.8, 4) is 0 Å². The molecule has 31 heavy (non-hydrogen) atoms. The molecule has 0 radical (unpaired) electrons. The zero-order chi connectivity index (χ0) is 22.9. The first kappa shape index (κ1) is 22.6. The van der Waals surface area contributed by atoms with Gasteiger partial charge in [0.2, 0.25) is 0 Å². The maximum atomic E-state index is 13.5. The predicted octanol–water partition coefficient (Wildman–Crippen LogP) is 4.96. The van der Waals surface area contributed by atoms with Crippen molar-refractivity contribution in [2.75, 3.05) is 5.43 Å². The van der Waals surface area contributed by atoms with Gasteiger partial charge in [-0.15, -0.1) is 0 Å². The third kappa shape index (κ3) is 5.14. The Labute approximate surface area is 184 Å². The first-order valence-electron chi connectivity index (χ1n) is 9.70. The van der Waals surface area contributed by atoms with Crippen LogP contribution in [-0.4, -0.2) is 21.4 Å². The van der Waals surface area contributed by atoms with Crippen LogP contribution in [0.5, 0.6) is 0 Å². The molecule has 1 aromatic heterocycles. The number of nitrogens with zero attached hydrogens (tertiary/aromatic N) is 2. The first-order valence-corrected chi connectivity index (χ1v) is 10.1. The van der Waals surface area contributed by atoms with Crippen molar-refractivity contribution in [3.05, 3.63) is 69.0 Å². The summed E-state index contributed by atoms with van der Waals surface area (Å²) >= 11 is 6.26. The van der Waals surface area contributed by atoms with Crippen molar-refractivity contribution >= 4 is 34.3 Å². The number of halogens is 2. The number of amides is 1. The van der Waals surface area contributed by atoms with Gasteiger partial charge in [0.25, 0.3) is 5.56 Å². The number of hydrogen-bond donors (Lipinski definition) is 2. The van der Waals surface area contributed by atoms with Gasteiger partial charge in [-0.25, -0.2) is 18.8 Å². The Balaban J connectivity index is 2.11. The van der Waals surface area contributed by atoms with Crippen LogP contribution in [0.2, 0.25) is 5.02 Å². The third-order valence-electron chi connectivity index (χ3n) is 4.41. The summed E-state index contributed by atoms with van der Waals surface area (Å²) in [4.78, 5) is 30.2. The Kier molecular flexibility index (Phi) is 6.22. The van der Waals surface area contributed by atoms with E-state index < -0.39 is 29.1 Å². The molecule has 2 aromatic carbocycles. The van der Waals surface area contributed by atoms with Gasteiger partial charge in [0.05, 0.1) is 27.7 Å². The van der Waals surface area contributed by atoms with Gasteiger partial charge in [0.1, 0.15) is 11.4 Å². The van der Waals surface area contributed by atoms with Crippen molar-refractivity contribution in [2.24, 2.45) is 0 Å². The second-order valence-electron chi connectivity index (χ2n) is 8.18. The van der Waals surface area contributed by atoms with E-state index in [1.807, 2.05) is 0 Å². The molecule has 7 nitrogen and oxygen atoms in total. The standard InChI is InChI=1S/C22H24ClFN4O3/c1-12-11-14(24)9-10-16(12)27-28-19(13(2)25-21(30)31-22(3,4)5)26-17-8-6-7-15(23)18(17)20(28)29/h6-11,13,27H,1-5H3,(H,25,30). The Bertz CT molecular complexity index is 1200. The summed E-state index contributed by atoms with van der Waals surface area (Å²) in [5.74, 6) is -0.162. The van der Waals surface area contributed by atoms with E-state index >= 15 is 0 Å². The molecule has 0 aliphatic rings. The summed E-state index contributed by atoms with van der Waals surface area (Å²) in [5, 5.41) is 3.17. The number of carbonyl (C=O) groups is 1. The average Bonchev–Trinajstić information content (AvgIpc) is 2.63. The number of ether oxygens (including phenoxy) is 1. The second kappa shape index (κ2) is 8.55. The lowest BCUT2D eigenvalue weighted by atomic mass is 10.2. The molecular formula is C22H24ClFN4O3. The summed E-state index contributed by atoms with van der Waals surface area (Å²) < 4.78 is 20.0. The molecule has 0 spiro atoms. The largest absolute Gasteiger partial charge is 0.444 e. The van der Waals surface area contributed by atoms with Crippen molar-refractivity contribution < 1.29 is 13.9 Å². The molecule has 1 heterocycles. The number of anilines is 1. The fourth-order valence-corrected chi connectivity index (χ4v) is 3.28. The molecule has 0 saturated carbocycles. The number of hydrogen-bond acceptors (Lipinski definition) is 5. The van der Waals surface area contributed by atoms with Gasteiger partial charge in [-0.05, 0) is 70.5 Å². The Morgan fingerprint density at radius 3 is 2.61 bits per heavy atom. The lowest BCUT2D eigenvalue weighted by Gasteiger charge is -2.24. The zero-order valence-corrected chi connectivity index (χ0v) is 18.7. The fraction of sp³-hybridized carbons (Fsp3) is 0.318. The molecule has 0 saturated heterocycles. The third-order valence-corrected chi connectivity index (χ3v) is 4.73. The molecule has 1 atom stereocenters. The number of benzene rings is 2. The lowest BCUT2D eigenvalue weighted by Crippen LogP contribution is -2.39. The topological polar surface area (TPSA) is 85.2 Å². The van der Waals surface area contributed by atoms with Crippen LogP contribution in [0, 0.1) is 12.7 Å². The molecular weight excluding hydrogens is 423 g/mol. The quantitative estimate of drug-likeness (QED) is 0.591. The normalized spacial score (nSPS) is 12.5. The van der Waals surface area contributed by atoms with E-state index in [2.05, 4.69) is 15.7 Å². The highest BCUT2D eigenvalue weighted by Gasteiger charge is 2.23. The van der Waals surface area contributed by atoms with Gasteiger partial charge < -0.3 is 10.1 Å². The number of carbonyl (C=O) groups excluding carboxylic acids is 1. The maximum absolute atomic E-state index is 13.5. The molecule has 3 rings (SSSR count). The Hall–Kier alpha value is -3.13. The molecule has 0 aliphatic carbocycles. The van der Waals surface area contributed by atoms with Gasteiger partial charge in [0.15, 0.2) is 5.82 Å². The molecule has 0 aliphatic heterocycles. The molecule has 9 heteroatoms. The van der Waals surface area contributed by atoms with E-state index in [0.29, 0.717) is 16.8 Å². The Morgan fingerprint density at radius 2 is 1.97 bits per heavy atom. The number of alkyl carbamates (subject to hydrolysis) is 1. The summed E-state index contributed by atoms with van der Waals surface area (Å²) in [7, 11) is 0. The minimum Gasteiger partial charge on any atom is -0.444 e. The molecule has 1 amide bonds. The van der Waals surface area contributed by atoms with Gasteiger partial charge in [-0.1, -0.05) is 17.7 Å². The smallest absolute Gasteiger partial charge is 0.408 e. The van der Waals surface area contributed by atoms with Crippen LogP contribution in [0.4, 0.5) is 14.9 Å². The van der Waals surface area contributed by atoms with Crippen LogP contribution in [0.25, 0.3) is 10.9 Å². The molecule has 0 bridgehead atoms. The number of nitrogens with one attached hydrogen (secondary N) is 2. The van der Waals surface area contributed by atoms with Crippen LogP contribution in [0.3, 0.4) is 0 Å². The summed E-state index contributed by atoms with van der Waals surface area (Å²) in [6, 6.07) is 8.40. The van der Waals surface area contributed by atoms with Gasteiger partial charge in [-0.3, -0.25) is 10.2 Å². The zero-order valence-electron chi connectivity index (χ0n) is 17.9. The predicted molar refractivity (Wildman–Crippen MR) is 119 cm³/mol. The minimum absolute atomic E-state index is 0.227.